The minimum absolute atomic E-state index is 0.106. The molecule has 136 valence electrons. The molecule has 1 unspecified atom stereocenters. The Morgan fingerprint density at radius 3 is 2.73 bits per heavy atom. The molecule has 5 nitrogen and oxygen atoms in total. The average molecular weight is 377 g/mol. The summed E-state index contributed by atoms with van der Waals surface area (Å²) in [5.41, 5.74) is 1.18. The minimum atomic E-state index is -0.639. The number of ether oxygens (including phenoxy) is 1. The number of carbonyl (C=O) groups is 2. The van der Waals surface area contributed by atoms with Crippen molar-refractivity contribution in [3.05, 3.63) is 64.9 Å². The third-order valence-electron chi connectivity index (χ3n) is 4.18. The fraction of sp³-hybridized carbons (Fsp3) is 0.263. The van der Waals surface area contributed by atoms with Gasteiger partial charge in [0.05, 0.1) is 10.7 Å². The summed E-state index contributed by atoms with van der Waals surface area (Å²) in [4.78, 5) is 26.3. The van der Waals surface area contributed by atoms with Gasteiger partial charge < -0.3 is 10.1 Å². The Labute approximate surface area is 155 Å². The molecular formula is C19H18ClFN2O3. The van der Waals surface area contributed by atoms with Crippen molar-refractivity contribution in [1.82, 2.24) is 4.90 Å². The van der Waals surface area contributed by atoms with E-state index in [4.69, 9.17) is 16.3 Å². The first-order valence-electron chi connectivity index (χ1n) is 8.28. The number of hydrogen-bond donors (Lipinski definition) is 1. The zero-order chi connectivity index (χ0) is 18.5. The third-order valence-corrected chi connectivity index (χ3v) is 4.50. The van der Waals surface area contributed by atoms with Gasteiger partial charge >= 0.3 is 6.09 Å². The first-order valence-corrected chi connectivity index (χ1v) is 8.65. The highest BCUT2D eigenvalue weighted by Crippen LogP contribution is 2.25. The zero-order valence-corrected chi connectivity index (χ0v) is 14.7. The van der Waals surface area contributed by atoms with Crippen molar-refractivity contribution in [3.63, 3.8) is 0 Å². The lowest BCUT2D eigenvalue weighted by Crippen LogP contribution is -2.43. The molecule has 2 aromatic carbocycles. The molecule has 0 aliphatic carbocycles. The maximum atomic E-state index is 13.1. The third kappa shape index (κ3) is 4.32. The van der Waals surface area contributed by atoms with E-state index in [2.05, 4.69) is 5.32 Å². The van der Waals surface area contributed by atoms with E-state index in [0.29, 0.717) is 25.1 Å². The summed E-state index contributed by atoms with van der Waals surface area (Å²) in [6.45, 7) is 0.594. The Hall–Kier alpha value is -2.60. The van der Waals surface area contributed by atoms with E-state index in [0.717, 1.165) is 11.6 Å². The topological polar surface area (TPSA) is 58.6 Å². The summed E-state index contributed by atoms with van der Waals surface area (Å²) in [5, 5.41) is 2.76. The van der Waals surface area contributed by atoms with E-state index in [9.17, 15) is 14.0 Å². The highest BCUT2D eigenvalue weighted by Gasteiger charge is 2.35. The molecule has 1 saturated heterocycles. The fourth-order valence-electron chi connectivity index (χ4n) is 2.87. The van der Waals surface area contributed by atoms with Gasteiger partial charge in [0.15, 0.2) is 0 Å². The maximum Gasteiger partial charge on any atom is 0.410 e. The van der Waals surface area contributed by atoms with E-state index in [-0.39, 0.29) is 17.5 Å². The number of hydrogen-bond acceptors (Lipinski definition) is 3. The molecule has 1 aliphatic rings. The Morgan fingerprint density at radius 1 is 1.23 bits per heavy atom. The molecule has 1 heterocycles. The van der Waals surface area contributed by atoms with E-state index < -0.39 is 18.0 Å². The van der Waals surface area contributed by atoms with Crippen LogP contribution < -0.4 is 5.32 Å². The largest absolute Gasteiger partial charge is 0.445 e. The summed E-state index contributed by atoms with van der Waals surface area (Å²) in [6, 6.07) is 12.4. The highest BCUT2D eigenvalue weighted by molar-refractivity contribution is 6.33. The van der Waals surface area contributed by atoms with Crippen LogP contribution in [0.15, 0.2) is 48.5 Å². The number of likely N-dealkylation sites (tertiary alicyclic amines) is 1. The van der Waals surface area contributed by atoms with Crippen molar-refractivity contribution in [3.8, 4) is 0 Å². The van der Waals surface area contributed by atoms with Crippen LogP contribution in [0.1, 0.15) is 18.4 Å². The summed E-state index contributed by atoms with van der Waals surface area (Å²) in [5.74, 6) is -0.854. The van der Waals surface area contributed by atoms with Gasteiger partial charge in [-0.05, 0) is 36.6 Å². The predicted molar refractivity (Wildman–Crippen MR) is 96.4 cm³/mol. The van der Waals surface area contributed by atoms with Crippen LogP contribution in [0.4, 0.5) is 14.9 Å². The second-order valence-electron chi connectivity index (χ2n) is 6.01. The van der Waals surface area contributed by atoms with Gasteiger partial charge in [-0.3, -0.25) is 9.69 Å². The van der Waals surface area contributed by atoms with E-state index in [1.165, 1.54) is 17.0 Å². The molecule has 0 bridgehead atoms. The first kappa shape index (κ1) is 18.2. The number of carbonyl (C=O) groups excluding carboxylic acids is 2. The molecule has 2 amide bonds. The summed E-state index contributed by atoms with van der Waals surface area (Å²) in [6.07, 6.45) is 0.706. The molecule has 1 fully saturated rings. The normalized spacial score (nSPS) is 16.4. The second-order valence-corrected chi connectivity index (χ2v) is 6.41. The van der Waals surface area contributed by atoms with Gasteiger partial charge in [-0.2, -0.15) is 0 Å². The van der Waals surface area contributed by atoms with Crippen LogP contribution in [0.3, 0.4) is 0 Å². The van der Waals surface area contributed by atoms with Crippen molar-refractivity contribution in [2.75, 3.05) is 11.9 Å². The number of anilines is 1. The molecule has 0 spiro atoms. The molecule has 3 rings (SSSR count). The van der Waals surface area contributed by atoms with Gasteiger partial charge in [0, 0.05) is 6.54 Å². The SMILES string of the molecule is O=C(Nc1ccc(F)cc1Cl)C1CCCN1C(=O)OCc1ccccc1. The number of rotatable bonds is 4. The van der Waals surface area contributed by atoms with Gasteiger partial charge in [-0.15, -0.1) is 0 Å². The molecule has 7 heteroatoms. The lowest BCUT2D eigenvalue weighted by Gasteiger charge is -2.23. The van der Waals surface area contributed by atoms with Crippen LogP contribution in [0.25, 0.3) is 0 Å². The van der Waals surface area contributed by atoms with Gasteiger partial charge in [0.2, 0.25) is 5.91 Å². The minimum Gasteiger partial charge on any atom is -0.445 e. The molecule has 1 N–H and O–H groups in total. The van der Waals surface area contributed by atoms with E-state index >= 15 is 0 Å². The van der Waals surface area contributed by atoms with Gasteiger partial charge in [0.25, 0.3) is 0 Å². The van der Waals surface area contributed by atoms with Crippen LogP contribution in [-0.4, -0.2) is 29.5 Å². The van der Waals surface area contributed by atoms with Crippen molar-refractivity contribution < 1.29 is 18.7 Å². The quantitative estimate of drug-likeness (QED) is 0.869. The molecule has 0 aromatic heterocycles. The summed E-state index contributed by atoms with van der Waals surface area (Å²) in [7, 11) is 0. The number of nitrogens with one attached hydrogen (secondary N) is 1. The fourth-order valence-corrected chi connectivity index (χ4v) is 3.08. The predicted octanol–water partition coefficient (Wildman–Crippen LogP) is 4.22. The molecule has 1 atom stereocenters. The number of halogens is 2. The van der Waals surface area contributed by atoms with E-state index in [1.54, 1.807) is 0 Å². The zero-order valence-electron chi connectivity index (χ0n) is 14.0. The molecule has 0 saturated carbocycles. The lowest BCUT2D eigenvalue weighted by atomic mass is 10.2. The first-order chi connectivity index (χ1) is 12.5. The van der Waals surface area contributed by atoms with Crippen molar-refractivity contribution in [1.29, 1.82) is 0 Å². The molecule has 26 heavy (non-hydrogen) atoms. The van der Waals surface area contributed by atoms with Crippen molar-refractivity contribution in [2.45, 2.75) is 25.5 Å². The monoisotopic (exact) mass is 376 g/mol. The second kappa shape index (κ2) is 8.19. The lowest BCUT2D eigenvalue weighted by molar-refractivity contribution is -0.120. The highest BCUT2D eigenvalue weighted by atomic mass is 35.5. The van der Waals surface area contributed by atoms with Crippen molar-refractivity contribution >= 4 is 29.3 Å². The van der Waals surface area contributed by atoms with Crippen LogP contribution in [-0.2, 0) is 16.1 Å². The van der Waals surface area contributed by atoms with Crippen molar-refractivity contribution in [2.24, 2.45) is 0 Å². The number of nitrogens with zero attached hydrogens (tertiary/aromatic N) is 1. The molecule has 1 aliphatic heterocycles. The van der Waals surface area contributed by atoms with Gasteiger partial charge in [-0.1, -0.05) is 41.9 Å². The standard InChI is InChI=1S/C19H18ClFN2O3/c20-15-11-14(21)8-9-16(15)22-18(24)17-7-4-10-23(17)19(25)26-12-13-5-2-1-3-6-13/h1-3,5-6,8-9,11,17H,4,7,10,12H2,(H,22,24). The van der Waals surface area contributed by atoms with Crippen LogP contribution in [0.2, 0.25) is 5.02 Å². The number of benzene rings is 2. The van der Waals surface area contributed by atoms with Gasteiger partial charge in [-0.25, -0.2) is 9.18 Å². The Kier molecular flexibility index (Phi) is 5.73. The Bertz CT molecular complexity index is 801. The molecule has 0 radical (unpaired) electrons. The Morgan fingerprint density at radius 2 is 2.00 bits per heavy atom. The van der Waals surface area contributed by atoms with E-state index in [1.807, 2.05) is 30.3 Å². The average Bonchev–Trinajstić information content (AvgIpc) is 3.13. The molecular weight excluding hydrogens is 359 g/mol. The maximum absolute atomic E-state index is 13.1. The smallest absolute Gasteiger partial charge is 0.410 e. The summed E-state index contributed by atoms with van der Waals surface area (Å²) >= 11 is 5.94. The van der Waals surface area contributed by atoms with Crippen LogP contribution in [0.5, 0.6) is 0 Å². The van der Waals surface area contributed by atoms with Gasteiger partial charge in [0.1, 0.15) is 18.5 Å². The molecule has 2 aromatic rings. The van der Waals surface area contributed by atoms with Crippen LogP contribution in [0, 0.1) is 5.82 Å². The Balaban J connectivity index is 1.61. The van der Waals surface area contributed by atoms with Crippen LogP contribution >= 0.6 is 11.6 Å². The number of amides is 2. The summed E-state index contributed by atoms with van der Waals surface area (Å²) < 4.78 is 18.4.